The lowest BCUT2D eigenvalue weighted by Crippen LogP contribution is -2.44. The normalized spacial score (nSPS) is 23.1. The van der Waals surface area contributed by atoms with Gasteiger partial charge in [-0.3, -0.25) is 9.59 Å². The zero-order valence-corrected chi connectivity index (χ0v) is 12.6. The minimum absolute atomic E-state index is 0.0302. The van der Waals surface area contributed by atoms with Crippen LogP contribution in [0, 0.1) is 0 Å². The van der Waals surface area contributed by atoms with Crippen LogP contribution in [0.5, 0.6) is 0 Å². The fourth-order valence-electron chi connectivity index (χ4n) is 3.23. The summed E-state index contributed by atoms with van der Waals surface area (Å²) in [5, 5.41) is 0. The molecule has 2 saturated heterocycles. The largest absolute Gasteiger partial charge is 0.341 e. The fraction of sp³-hybridized carbons (Fsp3) is 0.529. The molecule has 22 heavy (non-hydrogen) atoms. The van der Waals surface area contributed by atoms with E-state index in [4.69, 9.17) is 0 Å². The number of benzene rings is 1. The number of carbonyl (C=O) groups is 2. The minimum atomic E-state index is -0.792. The van der Waals surface area contributed by atoms with E-state index in [1.165, 1.54) is 0 Å². The number of hydrogen-bond acceptors (Lipinski definition) is 2. The summed E-state index contributed by atoms with van der Waals surface area (Å²) in [5.41, 5.74) is 1.14. The van der Waals surface area contributed by atoms with Gasteiger partial charge in [0.05, 0.1) is 6.54 Å². The molecule has 0 aliphatic carbocycles. The molecule has 1 atom stereocenters. The quantitative estimate of drug-likeness (QED) is 0.856. The molecule has 2 heterocycles. The number of alkyl halides is 1. The number of likely N-dealkylation sites (tertiary alicyclic amines) is 2. The predicted molar refractivity (Wildman–Crippen MR) is 81.1 cm³/mol. The number of carbonyl (C=O) groups excluding carboxylic acids is 2. The number of piperidine rings is 1. The maximum atomic E-state index is 13.1. The summed E-state index contributed by atoms with van der Waals surface area (Å²) in [6.07, 6.45) is 0.489. The van der Waals surface area contributed by atoms with Crippen LogP contribution in [0.1, 0.15) is 30.7 Å². The number of hydrogen-bond donors (Lipinski definition) is 0. The van der Waals surface area contributed by atoms with Crippen molar-refractivity contribution in [2.45, 2.75) is 31.4 Å². The molecule has 0 N–H and O–H groups in total. The molecule has 0 aromatic heterocycles. The Bertz CT molecular complexity index is 541. The van der Waals surface area contributed by atoms with Crippen LogP contribution in [0.3, 0.4) is 0 Å². The van der Waals surface area contributed by atoms with Crippen molar-refractivity contribution in [1.82, 2.24) is 9.80 Å². The van der Waals surface area contributed by atoms with E-state index in [0.29, 0.717) is 38.9 Å². The summed E-state index contributed by atoms with van der Waals surface area (Å²) in [6, 6.07) is 9.93. The summed E-state index contributed by atoms with van der Waals surface area (Å²) >= 11 is 0. The van der Waals surface area contributed by atoms with Gasteiger partial charge in [0.25, 0.3) is 0 Å². The van der Waals surface area contributed by atoms with Gasteiger partial charge in [-0.15, -0.1) is 0 Å². The third-order valence-electron chi connectivity index (χ3n) is 4.59. The van der Waals surface area contributed by atoms with Crippen molar-refractivity contribution in [3.05, 3.63) is 35.9 Å². The molecule has 118 valence electrons. The van der Waals surface area contributed by atoms with E-state index in [1.54, 1.807) is 9.80 Å². The van der Waals surface area contributed by atoms with E-state index in [9.17, 15) is 14.0 Å². The zero-order valence-electron chi connectivity index (χ0n) is 12.6. The SMILES string of the molecule is O=C(CN1CC(c2ccccc2)CC1=O)N1CCC(F)CC1. The van der Waals surface area contributed by atoms with Gasteiger partial charge in [0.1, 0.15) is 6.17 Å². The molecule has 0 saturated carbocycles. The van der Waals surface area contributed by atoms with E-state index in [0.717, 1.165) is 5.56 Å². The Balaban J connectivity index is 1.57. The van der Waals surface area contributed by atoms with Gasteiger partial charge >= 0.3 is 0 Å². The van der Waals surface area contributed by atoms with E-state index in [1.807, 2.05) is 30.3 Å². The van der Waals surface area contributed by atoms with Crippen molar-refractivity contribution in [1.29, 1.82) is 0 Å². The molecular formula is C17H21FN2O2. The Morgan fingerprint density at radius 1 is 1.18 bits per heavy atom. The molecule has 2 aliphatic heterocycles. The topological polar surface area (TPSA) is 40.6 Å². The number of nitrogens with zero attached hydrogens (tertiary/aromatic N) is 2. The van der Waals surface area contributed by atoms with Crippen molar-refractivity contribution < 1.29 is 14.0 Å². The van der Waals surface area contributed by atoms with Crippen LogP contribution in [0.15, 0.2) is 30.3 Å². The van der Waals surface area contributed by atoms with E-state index < -0.39 is 6.17 Å². The van der Waals surface area contributed by atoms with E-state index in [-0.39, 0.29) is 24.3 Å². The van der Waals surface area contributed by atoms with E-state index >= 15 is 0 Å². The van der Waals surface area contributed by atoms with Crippen LogP contribution in [-0.4, -0.2) is 54.0 Å². The van der Waals surface area contributed by atoms with Crippen molar-refractivity contribution in [3.63, 3.8) is 0 Å². The van der Waals surface area contributed by atoms with Gasteiger partial charge in [0.2, 0.25) is 11.8 Å². The Morgan fingerprint density at radius 3 is 2.55 bits per heavy atom. The Morgan fingerprint density at radius 2 is 1.86 bits per heavy atom. The molecule has 1 aromatic rings. The van der Waals surface area contributed by atoms with Gasteiger partial charge in [-0.25, -0.2) is 4.39 Å². The highest BCUT2D eigenvalue weighted by Crippen LogP contribution is 2.28. The minimum Gasteiger partial charge on any atom is -0.341 e. The first kappa shape index (κ1) is 15.0. The molecule has 2 amide bonds. The summed E-state index contributed by atoms with van der Waals surface area (Å²) in [4.78, 5) is 27.7. The highest BCUT2D eigenvalue weighted by Gasteiger charge is 2.33. The highest BCUT2D eigenvalue weighted by atomic mass is 19.1. The van der Waals surface area contributed by atoms with Crippen molar-refractivity contribution in [2.75, 3.05) is 26.2 Å². The zero-order chi connectivity index (χ0) is 15.5. The third kappa shape index (κ3) is 3.29. The van der Waals surface area contributed by atoms with Gasteiger partial charge in [-0.05, 0) is 18.4 Å². The van der Waals surface area contributed by atoms with Crippen LogP contribution in [0.25, 0.3) is 0 Å². The lowest BCUT2D eigenvalue weighted by Gasteiger charge is -2.30. The monoisotopic (exact) mass is 304 g/mol. The molecule has 0 spiro atoms. The lowest BCUT2D eigenvalue weighted by molar-refractivity contribution is -0.139. The predicted octanol–water partition coefficient (Wildman–Crippen LogP) is 1.96. The Labute approximate surface area is 129 Å². The maximum Gasteiger partial charge on any atom is 0.242 e. The van der Waals surface area contributed by atoms with Gasteiger partial charge in [-0.1, -0.05) is 30.3 Å². The average molecular weight is 304 g/mol. The molecule has 0 radical (unpaired) electrons. The maximum absolute atomic E-state index is 13.1. The molecule has 2 fully saturated rings. The first-order chi connectivity index (χ1) is 10.6. The van der Waals surface area contributed by atoms with Crippen molar-refractivity contribution >= 4 is 11.8 Å². The van der Waals surface area contributed by atoms with Gasteiger partial charge in [0, 0.05) is 32.0 Å². The summed E-state index contributed by atoms with van der Waals surface area (Å²) in [6.45, 7) is 1.64. The van der Waals surface area contributed by atoms with Crippen LogP contribution < -0.4 is 0 Å². The molecule has 0 bridgehead atoms. The standard InChI is InChI=1S/C17H21FN2O2/c18-15-6-8-19(9-7-15)17(22)12-20-11-14(10-16(20)21)13-4-2-1-3-5-13/h1-5,14-15H,6-12H2. The third-order valence-corrected chi connectivity index (χ3v) is 4.59. The molecule has 4 nitrogen and oxygen atoms in total. The fourth-order valence-corrected chi connectivity index (χ4v) is 3.23. The smallest absolute Gasteiger partial charge is 0.242 e. The van der Waals surface area contributed by atoms with Gasteiger partial charge in [-0.2, -0.15) is 0 Å². The second kappa shape index (κ2) is 6.46. The van der Waals surface area contributed by atoms with Gasteiger partial charge in [0.15, 0.2) is 0 Å². The van der Waals surface area contributed by atoms with E-state index in [2.05, 4.69) is 0 Å². The first-order valence-corrected chi connectivity index (χ1v) is 7.88. The number of rotatable bonds is 3. The first-order valence-electron chi connectivity index (χ1n) is 7.88. The van der Waals surface area contributed by atoms with Crippen molar-refractivity contribution in [2.24, 2.45) is 0 Å². The summed E-state index contributed by atoms with van der Waals surface area (Å²) in [5.74, 6) is 0.134. The molecule has 2 aliphatic rings. The molecule has 3 rings (SSSR count). The number of amides is 2. The van der Waals surface area contributed by atoms with Crippen LogP contribution in [0.4, 0.5) is 4.39 Å². The molecule has 1 unspecified atom stereocenters. The number of halogens is 1. The highest BCUT2D eigenvalue weighted by molar-refractivity contribution is 5.86. The second-order valence-corrected chi connectivity index (χ2v) is 6.14. The lowest BCUT2D eigenvalue weighted by atomic mass is 9.99. The molecular weight excluding hydrogens is 283 g/mol. The molecule has 1 aromatic carbocycles. The molecule has 5 heteroatoms. The van der Waals surface area contributed by atoms with Crippen LogP contribution >= 0.6 is 0 Å². The van der Waals surface area contributed by atoms with Crippen LogP contribution in [-0.2, 0) is 9.59 Å². The van der Waals surface area contributed by atoms with Gasteiger partial charge < -0.3 is 9.80 Å². The summed E-state index contributed by atoms with van der Waals surface area (Å²) in [7, 11) is 0. The Hall–Kier alpha value is -1.91. The average Bonchev–Trinajstić information content (AvgIpc) is 2.90. The summed E-state index contributed by atoms with van der Waals surface area (Å²) < 4.78 is 13.1. The van der Waals surface area contributed by atoms with Crippen molar-refractivity contribution in [3.8, 4) is 0 Å². The Kier molecular flexibility index (Phi) is 4.41. The van der Waals surface area contributed by atoms with Crippen LogP contribution in [0.2, 0.25) is 0 Å². The second-order valence-electron chi connectivity index (χ2n) is 6.14.